The highest BCUT2D eigenvalue weighted by Crippen LogP contribution is 2.24. The van der Waals surface area contributed by atoms with Crippen LogP contribution < -0.4 is 10.6 Å². The average molecular weight is 525 g/mol. The SMILES string of the molecule is C#CCOC[C@H](NC(=O)[C@H](C)NC)C(=O)N1CCC[C@H]1CCN(CCc1ccccc1)C(=O)C(F)(F)F. The number of amides is 3. The maximum absolute atomic E-state index is 13.3. The van der Waals surface area contributed by atoms with Crippen LogP contribution >= 0.6 is 0 Å². The summed E-state index contributed by atoms with van der Waals surface area (Å²) >= 11 is 0. The number of rotatable bonds is 13. The minimum Gasteiger partial charge on any atom is -0.366 e. The van der Waals surface area contributed by atoms with Crippen molar-refractivity contribution in [3.8, 4) is 12.3 Å². The quantitative estimate of drug-likeness (QED) is 0.303. The molecule has 0 aromatic heterocycles. The Bertz CT molecular complexity index is 936. The molecule has 1 aliphatic rings. The van der Waals surface area contributed by atoms with E-state index in [-0.39, 0.29) is 45.2 Å². The van der Waals surface area contributed by atoms with Crippen LogP contribution in [0.2, 0.25) is 0 Å². The van der Waals surface area contributed by atoms with E-state index in [1.165, 1.54) is 0 Å². The summed E-state index contributed by atoms with van der Waals surface area (Å²) in [6.45, 7) is 1.61. The molecule has 0 unspecified atom stereocenters. The van der Waals surface area contributed by atoms with Gasteiger partial charge in [0, 0.05) is 25.7 Å². The van der Waals surface area contributed by atoms with Crippen LogP contribution in [0.25, 0.3) is 0 Å². The third-order valence-electron chi connectivity index (χ3n) is 6.35. The molecule has 1 saturated heterocycles. The number of carbonyl (C=O) groups excluding carboxylic acids is 3. The molecule has 2 N–H and O–H groups in total. The minimum absolute atomic E-state index is 0.0411. The minimum atomic E-state index is -4.99. The van der Waals surface area contributed by atoms with Gasteiger partial charge in [0.15, 0.2) is 0 Å². The predicted molar refractivity (Wildman–Crippen MR) is 132 cm³/mol. The lowest BCUT2D eigenvalue weighted by atomic mass is 10.1. The Morgan fingerprint density at radius 2 is 1.95 bits per heavy atom. The molecule has 3 atom stereocenters. The fraction of sp³-hybridized carbons (Fsp3) is 0.577. The van der Waals surface area contributed by atoms with Crippen molar-refractivity contribution in [2.45, 2.75) is 56.9 Å². The topological polar surface area (TPSA) is 91.0 Å². The van der Waals surface area contributed by atoms with Crippen LogP contribution in [0, 0.1) is 12.3 Å². The second-order valence-corrected chi connectivity index (χ2v) is 8.93. The van der Waals surface area contributed by atoms with Gasteiger partial charge in [-0.15, -0.1) is 6.42 Å². The molecule has 1 aromatic rings. The highest BCUT2D eigenvalue weighted by molar-refractivity contribution is 5.90. The molecule has 0 aliphatic carbocycles. The fourth-order valence-electron chi connectivity index (χ4n) is 4.17. The Balaban J connectivity index is 2.09. The van der Waals surface area contributed by atoms with Gasteiger partial charge in [-0.3, -0.25) is 14.4 Å². The molecular formula is C26H35F3N4O4. The first kappa shape index (κ1) is 30.1. The third-order valence-corrected chi connectivity index (χ3v) is 6.35. The van der Waals surface area contributed by atoms with Crippen LogP contribution in [0.3, 0.4) is 0 Å². The number of benzene rings is 1. The predicted octanol–water partition coefficient (Wildman–Crippen LogP) is 1.74. The molecule has 2 rings (SSSR count). The summed E-state index contributed by atoms with van der Waals surface area (Å²) in [6, 6.07) is 7.03. The van der Waals surface area contributed by atoms with Crippen LogP contribution in [0.1, 0.15) is 31.7 Å². The third kappa shape index (κ3) is 9.37. The Labute approximate surface area is 215 Å². The van der Waals surface area contributed by atoms with Crippen molar-refractivity contribution >= 4 is 17.7 Å². The van der Waals surface area contributed by atoms with Crippen molar-refractivity contribution in [3.63, 3.8) is 0 Å². The Morgan fingerprint density at radius 3 is 2.57 bits per heavy atom. The highest BCUT2D eigenvalue weighted by Gasteiger charge is 2.43. The van der Waals surface area contributed by atoms with E-state index in [0.29, 0.717) is 19.4 Å². The number of likely N-dealkylation sites (N-methyl/N-ethyl adjacent to an activating group) is 1. The van der Waals surface area contributed by atoms with Gasteiger partial charge in [0.1, 0.15) is 12.6 Å². The zero-order valence-electron chi connectivity index (χ0n) is 21.2. The van der Waals surface area contributed by atoms with Gasteiger partial charge in [-0.25, -0.2) is 0 Å². The number of terminal acetylenes is 1. The average Bonchev–Trinajstić information content (AvgIpc) is 3.35. The van der Waals surface area contributed by atoms with Crippen molar-refractivity contribution < 1.29 is 32.3 Å². The summed E-state index contributed by atoms with van der Waals surface area (Å²) in [5, 5.41) is 5.46. The number of nitrogens with zero attached hydrogens (tertiary/aromatic N) is 2. The van der Waals surface area contributed by atoms with Crippen molar-refractivity contribution in [1.82, 2.24) is 20.4 Å². The number of hydrogen-bond donors (Lipinski definition) is 2. The summed E-state index contributed by atoms with van der Waals surface area (Å²) in [5.74, 6) is -0.384. The molecule has 8 nitrogen and oxygen atoms in total. The first-order valence-corrected chi connectivity index (χ1v) is 12.3. The van der Waals surface area contributed by atoms with Crippen LogP contribution in [0.4, 0.5) is 13.2 Å². The first-order valence-electron chi connectivity index (χ1n) is 12.3. The van der Waals surface area contributed by atoms with E-state index in [1.807, 2.05) is 0 Å². The summed E-state index contributed by atoms with van der Waals surface area (Å²) in [5.41, 5.74) is 0.821. The van der Waals surface area contributed by atoms with E-state index in [4.69, 9.17) is 11.2 Å². The van der Waals surface area contributed by atoms with Gasteiger partial charge in [-0.2, -0.15) is 13.2 Å². The van der Waals surface area contributed by atoms with E-state index >= 15 is 0 Å². The number of halogens is 3. The molecule has 1 aliphatic heterocycles. The molecular weight excluding hydrogens is 489 g/mol. The van der Waals surface area contributed by atoms with Gasteiger partial charge in [-0.05, 0) is 45.2 Å². The van der Waals surface area contributed by atoms with Crippen LogP contribution in [0.5, 0.6) is 0 Å². The van der Waals surface area contributed by atoms with E-state index < -0.39 is 36.0 Å². The maximum atomic E-state index is 13.3. The Kier molecular flexibility index (Phi) is 11.9. The highest BCUT2D eigenvalue weighted by atomic mass is 19.4. The van der Waals surface area contributed by atoms with Crippen molar-refractivity contribution in [1.29, 1.82) is 0 Å². The number of ether oxygens (including phenoxy) is 1. The van der Waals surface area contributed by atoms with Crippen molar-refractivity contribution in [3.05, 3.63) is 35.9 Å². The fourth-order valence-corrected chi connectivity index (χ4v) is 4.17. The molecule has 0 bridgehead atoms. The maximum Gasteiger partial charge on any atom is 0.471 e. The first-order chi connectivity index (χ1) is 17.6. The Hall–Kier alpha value is -3.10. The number of carbonyl (C=O) groups is 3. The summed E-state index contributed by atoms with van der Waals surface area (Å²) in [4.78, 5) is 40.2. The van der Waals surface area contributed by atoms with Crippen molar-refractivity contribution in [2.24, 2.45) is 0 Å². The van der Waals surface area contributed by atoms with Gasteiger partial charge < -0.3 is 25.2 Å². The molecule has 1 heterocycles. The number of likely N-dealkylation sites (tertiary alicyclic amines) is 1. The van der Waals surface area contributed by atoms with Gasteiger partial charge in [0.05, 0.1) is 12.6 Å². The Morgan fingerprint density at radius 1 is 1.24 bits per heavy atom. The lowest BCUT2D eigenvalue weighted by Crippen LogP contribution is -2.55. The largest absolute Gasteiger partial charge is 0.471 e. The van der Waals surface area contributed by atoms with E-state index in [0.717, 1.165) is 10.5 Å². The number of nitrogens with one attached hydrogen (secondary N) is 2. The van der Waals surface area contributed by atoms with Gasteiger partial charge in [0.25, 0.3) is 0 Å². The van der Waals surface area contributed by atoms with Crippen LogP contribution in [-0.4, -0.2) is 91.7 Å². The molecule has 1 fully saturated rings. The normalized spacial score (nSPS) is 17.1. The van der Waals surface area contributed by atoms with Crippen LogP contribution in [-0.2, 0) is 25.5 Å². The van der Waals surface area contributed by atoms with Gasteiger partial charge >= 0.3 is 12.1 Å². The number of hydrogen-bond acceptors (Lipinski definition) is 5. The molecule has 1 aromatic carbocycles. The van der Waals surface area contributed by atoms with E-state index in [9.17, 15) is 27.6 Å². The van der Waals surface area contributed by atoms with E-state index in [1.54, 1.807) is 49.2 Å². The molecule has 204 valence electrons. The standard InChI is InChI=1S/C26H35F3N4O4/c1-4-17-37-18-22(31-23(34)19(2)30-3)24(35)33-14-8-11-21(33)13-16-32(25(36)26(27,28)29)15-12-20-9-6-5-7-10-20/h1,5-7,9-10,19,21-22,30H,8,11-18H2,2-3H3,(H,31,34)/t19-,21-,22-/m0/s1. The lowest BCUT2D eigenvalue weighted by Gasteiger charge is -2.31. The molecule has 37 heavy (non-hydrogen) atoms. The molecule has 0 saturated carbocycles. The smallest absolute Gasteiger partial charge is 0.366 e. The van der Waals surface area contributed by atoms with Gasteiger partial charge in [-0.1, -0.05) is 36.3 Å². The summed E-state index contributed by atoms with van der Waals surface area (Å²) in [7, 11) is 1.61. The zero-order chi connectivity index (χ0) is 27.4. The molecule has 3 amide bonds. The second-order valence-electron chi connectivity index (χ2n) is 8.93. The zero-order valence-corrected chi connectivity index (χ0v) is 21.2. The van der Waals surface area contributed by atoms with E-state index in [2.05, 4.69) is 16.6 Å². The summed E-state index contributed by atoms with van der Waals surface area (Å²) < 4.78 is 45.1. The monoisotopic (exact) mass is 524 g/mol. The summed E-state index contributed by atoms with van der Waals surface area (Å²) in [6.07, 6.45) is 1.92. The molecule has 11 heteroatoms. The lowest BCUT2D eigenvalue weighted by molar-refractivity contribution is -0.185. The number of alkyl halides is 3. The molecule has 0 spiro atoms. The van der Waals surface area contributed by atoms with Crippen LogP contribution in [0.15, 0.2) is 30.3 Å². The van der Waals surface area contributed by atoms with Crippen molar-refractivity contribution in [2.75, 3.05) is 39.9 Å². The molecule has 0 radical (unpaired) electrons. The second kappa shape index (κ2) is 14.6. The van der Waals surface area contributed by atoms with Gasteiger partial charge in [0.2, 0.25) is 11.8 Å².